The minimum Gasteiger partial charge on any atom is -0.391 e. The van der Waals surface area contributed by atoms with Gasteiger partial charge in [-0.15, -0.1) is 0 Å². The van der Waals surface area contributed by atoms with Crippen LogP contribution in [0.2, 0.25) is 0 Å². The van der Waals surface area contributed by atoms with Crippen molar-refractivity contribution >= 4 is 11.9 Å². The van der Waals surface area contributed by atoms with Crippen LogP contribution in [0.15, 0.2) is 0 Å². The first kappa shape index (κ1) is 14.0. The molecule has 98 valence electrons. The van der Waals surface area contributed by atoms with E-state index in [2.05, 4.69) is 4.74 Å². The molecule has 1 rings (SSSR count). The quantitative estimate of drug-likeness (QED) is 0.514. The van der Waals surface area contributed by atoms with Crippen LogP contribution in [0, 0.1) is 0 Å². The van der Waals surface area contributed by atoms with E-state index in [-0.39, 0.29) is 0 Å². The number of ether oxygens (including phenoxy) is 4. The summed E-state index contributed by atoms with van der Waals surface area (Å²) in [6, 6.07) is -0.397. The highest BCUT2D eigenvalue weighted by Gasteiger charge is 2.42. The van der Waals surface area contributed by atoms with E-state index in [1.54, 1.807) is 0 Å². The number of hydrogen-bond donors (Lipinski definition) is 1. The maximum absolute atomic E-state index is 11.6. The smallest absolute Gasteiger partial charge is 0.345 e. The van der Waals surface area contributed by atoms with E-state index in [1.165, 1.54) is 14.2 Å². The highest BCUT2D eigenvalue weighted by molar-refractivity contribution is 5.87. The van der Waals surface area contributed by atoms with Gasteiger partial charge in [0.15, 0.2) is 12.4 Å². The largest absolute Gasteiger partial charge is 0.391 e. The van der Waals surface area contributed by atoms with Gasteiger partial charge in [0.2, 0.25) is 0 Å². The van der Waals surface area contributed by atoms with Crippen LogP contribution >= 0.6 is 0 Å². The van der Waals surface area contributed by atoms with Gasteiger partial charge in [0.05, 0.1) is 12.1 Å². The molecule has 1 aliphatic heterocycles. The van der Waals surface area contributed by atoms with E-state index < -0.39 is 36.5 Å². The van der Waals surface area contributed by atoms with E-state index in [9.17, 15) is 9.59 Å². The first-order chi connectivity index (χ1) is 7.99. The lowest BCUT2D eigenvalue weighted by atomic mass is 10.0. The zero-order valence-corrected chi connectivity index (χ0v) is 10.0. The number of carbonyl (C=O) groups excluding carboxylic acids is 2. The summed E-state index contributed by atoms with van der Waals surface area (Å²) in [4.78, 5) is 22.3. The third-order valence-electron chi connectivity index (χ3n) is 2.48. The lowest BCUT2D eigenvalue weighted by Crippen LogP contribution is -2.55. The molecule has 0 aromatic carbocycles. The summed E-state index contributed by atoms with van der Waals surface area (Å²) in [6.07, 6.45) is -1.89. The van der Waals surface area contributed by atoms with Gasteiger partial charge >= 0.3 is 11.9 Å². The first-order valence-electron chi connectivity index (χ1n) is 5.18. The molecule has 7 nitrogen and oxygen atoms in total. The van der Waals surface area contributed by atoms with E-state index in [1.807, 2.05) is 0 Å². The Kier molecular flexibility index (Phi) is 5.01. The van der Waals surface area contributed by atoms with Gasteiger partial charge in [-0.05, 0) is 6.42 Å². The number of rotatable bonds is 3. The molecule has 0 aromatic heterocycles. The molecule has 4 unspecified atom stereocenters. The van der Waals surface area contributed by atoms with Crippen LogP contribution in [-0.2, 0) is 28.5 Å². The van der Waals surface area contributed by atoms with Gasteiger partial charge in [-0.3, -0.25) is 4.79 Å². The summed E-state index contributed by atoms with van der Waals surface area (Å²) >= 11 is 0. The molecule has 4 atom stereocenters. The van der Waals surface area contributed by atoms with E-state index in [0.717, 1.165) is 6.92 Å². The Labute approximate surface area is 99.1 Å². The van der Waals surface area contributed by atoms with Crippen LogP contribution in [0.3, 0.4) is 0 Å². The highest BCUT2D eigenvalue weighted by Crippen LogP contribution is 2.22. The molecule has 2 N–H and O–H groups in total. The fourth-order valence-electron chi connectivity index (χ4n) is 1.69. The third kappa shape index (κ3) is 3.47. The Morgan fingerprint density at radius 1 is 1.29 bits per heavy atom. The van der Waals surface area contributed by atoms with Gasteiger partial charge in [0, 0.05) is 21.1 Å². The van der Waals surface area contributed by atoms with Crippen molar-refractivity contribution in [3.8, 4) is 0 Å². The molecule has 0 aliphatic carbocycles. The minimum atomic E-state index is -1.01. The Morgan fingerprint density at radius 3 is 2.41 bits per heavy atom. The molecule has 1 aliphatic rings. The molecule has 0 spiro atoms. The third-order valence-corrected chi connectivity index (χ3v) is 2.48. The number of nitrogens with two attached hydrogens (primary N) is 1. The highest BCUT2D eigenvalue weighted by atomic mass is 16.7. The van der Waals surface area contributed by atoms with Crippen molar-refractivity contribution in [2.24, 2.45) is 5.73 Å². The van der Waals surface area contributed by atoms with E-state index >= 15 is 0 Å². The lowest BCUT2D eigenvalue weighted by molar-refractivity contribution is -0.232. The molecule has 17 heavy (non-hydrogen) atoms. The summed E-state index contributed by atoms with van der Waals surface area (Å²) in [7, 11) is 2.85. The van der Waals surface area contributed by atoms with Gasteiger partial charge in [0.25, 0.3) is 0 Å². The summed E-state index contributed by atoms with van der Waals surface area (Å²) in [5.74, 6) is -1.49. The normalized spacial score (nSPS) is 33.2. The maximum atomic E-state index is 11.6. The first-order valence-corrected chi connectivity index (χ1v) is 5.18. The van der Waals surface area contributed by atoms with E-state index in [4.69, 9.17) is 19.9 Å². The van der Waals surface area contributed by atoms with Crippen molar-refractivity contribution in [3.63, 3.8) is 0 Å². The van der Waals surface area contributed by atoms with Crippen molar-refractivity contribution in [3.05, 3.63) is 0 Å². The molecule has 1 saturated heterocycles. The van der Waals surface area contributed by atoms with Crippen molar-refractivity contribution < 1.29 is 28.5 Å². The van der Waals surface area contributed by atoms with Gasteiger partial charge in [-0.25, -0.2) is 4.79 Å². The fourth-order valence-corrected chi connectivity index (χ4v) is 1.69. The average molecular weight is 247 g/mol. The maximum Gasteiger partial charge on any atom is 0.345 e. The molecule has 0 saturated carbocycles. The van der Waals surface area contributed by atoms with Crippen molar-refractivity contribution in [1.82, 2.24) is 0 Å². The molecule has 0 bridgehead atoms. The minimum absolute atomic E-state index is 0.382. The Hall–Kier alpha value is -1.02. The van der Waals surface area contributed by atoms with Gasteiger partial charge in [-0.1, -0.05) is 0 Å². The summed E-state index contributed by atoms with van der Waals surface area (Å²) < 4.78 is 19.9. The average Bonchev–Trinajstić information content (AvgIpc) is 2.27. The Bertz CT molecular complexity index is 295. The summed E-state index contributed by atoms with van der Waals surface area (Å²) in [5, 5.41) is 0. The second-order valence-corrected chi connectivity index (χ2v) is 3.75. The molecule has 0 aromatic rings. The Balaban J connectivity index is 2.72. The van der Waals surface area contributed by atoms with Gasteiger partial charge < -0.3 is 24.7 Å². The zero-order chi connectivity index (χ0) is 13.0. The molecule has 1 heterocycles. The summed E-state index contributed by atoms with van der Waals surface area (Å²) in [5.41, 5.74) is 5.77. The molecule has 7 heteroatoms. The number of carbonyl (C=O) groups is 2. The van der Waals surface area contributed by atoms with Crippen LogP contribution in [0.1, 0.15) is 13.3 Å². The number of hydrogen-bond acceptors (Lipinski definition) is 7. The second kappa shape index (κ2) is 6.06. The molecule has 0 radical (unpaired) electrons. The van der Waals surface area contributed by atoms with Crippen LogP contribution < -0.4 is 5.73 Å². The second-order valence-electron chi connectivity index (χ2n) is 3.75. The van der Waals surface area contributed by atoms with E-state index in [0.29, 0.717) is 6.42 Å². The monoisotopic (exact) mass is 247 g/mol. The van der Waals surface area contributed by atoms with Crippen LogP contribution in [0.5, 0.6) is 0 Å². The topological polar surface area (TPSA) is 97.1 Å². The molecular weight excluding hydrogens is 230 g/mol. The standard InChI is InChI=1S/C10H17NO6/c1-5(12)16-9(13)8-7(14-2)4-6(11)10(15-3)17-8/h6-8,10H,4,11H2,1-3H3. The molecule has 1 fully saturated rings. The molecule has 0 amide bonds. The predicted molar refractivity (Wildman–Crippen MR) is 55.8 cm³/mol. The Morgan fingerprint density at radius 2 is 1.94 bits per heavy atom. The fraction of sp³-hybridized carbons (Fsp3) is 0.800. The SMILES string of the molecule is COC1CC(N)C(OC)OC1C(=O)OC(C)=O. The zero-order valence-electron chi connectivity index (χ0n) is 10.0. The predicted octanol–water partition coefficient (Wildman–Crippen LogP) is -0.820. The van der Waals surface area contributed by atoms with Gasteiger partial charge in [0.1, 0.15) is 0 Å². The van der Waals surface area contributed by atoms with Crippen LogP contribution in [0.4, 0.5) is 0 Å². The van der Waals surface area contributed by atoms with Crippen LogP contribution in [0.25, 0.3) is 0 Å². The van der Waals surface area contributed by atoms with Crippen molar-refractivity contribution in [2.45, 2.75) is 37.9 Å². The number of esters is 2. The van der Waals surface area contributed by atoms with Crippen molar-refractivity contribution in [1.29, 1.82) is 0 Å². The van der Waals surface area contributed by atoms with Crippen LogP contribution in [-0.4, -0.2) is 50.7 Å². The lowest BCUT2D eigenvalue weighted by Gasteiger charge is -2.36. The van der Waals surface area contributed by atoms with Crippen molar-refractivity contribution in [2.75, 3.05) is 14.2 Å². The number of methoxy groups -OCH3 is 2. The van der Waals surface area contributed by atoms with Gasteiger partial charge in [-0.2, -0.15) is 0 Å². The molecular formula is C10H17NO6. The summed E-state index contributed by atoms with van der Waals surface area (Å²) in [6.45, 7) is 1.14.